The molecule has 8 nitrogen and oxygen atoms in total. The number of hydrogen-bond acceptors (Lipinski definition) is 6. The van der Waals surface area contributed by atoms with Crippen molar-refractivity contribution in [2.24, 2.45) is 11.7 Å². The Bertz CT molecular complexity index is 497. The van der Waals surface area contributed by atoms with E-state index in [2.05, 4.69) is 9.97 Å². The van der Waals surface area contributed by atoms with Crippen molar-refractivity contribution in [2.45, 2.75) is 6.42 Å². The number of carbonyl (C=O) groups is 2. The minimum atomic E-state index is -0.501. The van der Waals surface area contributed by atoms with Gasteiger partial charge in [-0.1, -0.05) is 0 Å². The van der Waals surface area contributed by atoms with Crippen molar-refractivity contribution in [3.8, 4) is 11.9 Å². The van der Waals surface area contributed by atoms with Gasteiger partial charge in [0.15, 0.2) is 0 Å². The molecule has 0 spiro atoms. The largest absolute Gasteiger partial charge is 0.481 e. The first-order chi connectivity index (χ1) is 9.05. The molecular weight excluding hydrogens is 252 g/mol. The summed E-state index contributed by atoms with van der Waals surface area (Å²) in [5.74, 6) is -0.607. The van der Waals surface area contributed by atoms with Crippen LogP contribution in [-0.4, -0.2) is 42.5 Å². The van der Waals surface area contributed by atoms with E-state index in [0.717, 1.165) is 0 Å². The van der Waals surface area contributed by atoms with Crippen molar-refractivity contribution < 1.29 is 19.1 Å². The van der Waals surface area contributed by atoms with Crippen LogP contribution in [0.4, 0.5) is 5.82 Å². The van der Waals surface area contributed by atoms with Crippen LogP contribution in [0.1, 0.15) is 6.42 Å². The summed E-state index contributed by atoms with van der Waals surface area (Å²) in [6, 6.07) is 1.59. The average Bonchev–Trinajstić information content (AvgIpc) is 2.80. The summed E-state index contributed by atoms with van der Waals surface area (Å²) in [6.07, 6.45) is 0.0873. The van der Waals surface area contributed by atoms with Crippen LogP contribution >= 0.6 is 0 Å². The van der Waals surface area contributed by atoms with E-state index >= 15 is 0 Å². The normalized spacial score (nSPS) is 18.5. The molecule has 0 aromatic carbocycles. The second kappa shape index (κ2) is 5.09. The summed E-state index contributed by atoms with van der Waals surface area (Å²) >= 11 is 0. The summed E-state index contributed by atoms with van der Waals surface area (Å²) in [5, 5.41) is 0. The molecule has 0 bridgehead atoms. The quantitative estimate of drug-likeness (QED) is 0.774. The van der Waals surface area contributed by atoms with Crippen molar-refractivity contribution in [1.29, 1.82) is 0 Å². The fourth-order valence-corrected chi connectivity index (χ4v) is 1.85. The molecule has 2 amide bonds. The standard InChI is InChI=1S/C11H14N4O4/c1-18-8-4-7(13-11(14-8)19-2)15-5-6(10(12)17)3-9(15)16/h4,6H,3,5H2,1-2H3,(H2,12,17). The number of rotatable bonds is 4. The number of aromatic nitrogens is 2. The van der Waals surface area contributed by atoms with E-state index in [0.29, 0.717) is 5.82 Å². The third-order valence-electron chi connectivity index (χ3n) is 2.86. The smallest absolute Gasteiger partial charge is 0.321 e. The minimum absolute atomic E-state index is 0.0873. The molecule has 2 rings (SSSR count). The maximum absolute atomic E-state index is 11.9. The van der Waals surface area contributed by atoms with Crippen LogP contribution in [0.5, 0.6) is 11.9 Å². The molecule has 1 aliphatic rings. The Morgan fingerprint density at radius 2 is 2.16 bits per heavy atom. The fourth-order valence-electron chi connectivity index (χ4n) is 1.85. The number of anilines is 1. The molecule has 0 saturated carbocycles. The maximum Gasteiger partial charge on any atom is 0.321 e. The topological polar surface area (TPSA) is 108 Å². The number of nitrogens with two attached hydrogens (primary N) is 1. The SMILES string of the molecule is COc1cc(N2CC(C(N)=O)CC2=O)nc(OC)n1. The molecule has 1 atom stereocenters. The fraction of sp³-hybridized carbons (Fsp3) is 0.455. The Morgan fingerprint density at radius 3 is 2.68 bits per heavy atom. The van der Waals surface area contributed by atoms with Gasteiger partial charge in [-0.25, -0.2) is 0 Å². The number of methoxy groups -OCH3 is 2. The average molecular weight is 266 g/mol. The summed E-state index contributed by atoms with van der Waals surface area (Å²) < 4.78 is 9.94. The summed E-state index contributed by atoms with van der Waals surface area (Å²) in [5.41, 5.74) is 5.21. The van der Waals surface area contributed by atoms with Crippen LogP contribution in [0.3, 0.4) is 0 Å². The molecule has 8 heteroatoms. The van der Waals surface area contributed by atoms with E-state index in [-0.39, 0.29) is 30.8 Å². The highest BCUT2D eigenvalue weighted by atomic mass is 16.5. The van der Waals surface area contributed by atoms with Crippen LogP contribution < -0.4 is 20.1 Å². The molecule has 1 fully saturated rings. The van der Waals surface area contributed by atoms with Crippen molar-refractivity contribution in [2.75, 3.05) is 25.7 Å². The van der Waals surface area contributed by atoms with Crippen molar-refractivity contribution in [1.82, 2.24) is 9.97 Å². The van der Waals surface area contributed by atoms with Gasteiger partial charge in [0, 0.05) is 19.0 Å². The lowest BCUT2D eigenvalue weighted by Crippen LogP contribution is -2.29. The Morgan fingerprint density at radius 1 is 1.42 bits per heavy atom. The lowest BCUT2D eigenvalue weighted by atomic mass is 10.1. The van der Waals surface area contributed by atoms with E-state index in [1.807, 2.05) is 0 Å². The molecule has 1 unspecified atom stereocenters. The van der Waals surface area contributed by atoms with Crippen molar-refractivity contribution >= 4 is 17.6 Å². The van der Waals surface area contributed by atoms with Gasteiger partial charge in [0.25, 0.3) is 0 Å². The second-order valence-corrected chi connectivity index (χ2v) is 4.06. The van der Waals surface area contributed by atoms with Crippen LogP contribution in [0.15, 0.2) is 6.07 Å². The van der Waals surface area contributed by atoms with Crippen molar-refractivity contribution in [3.05, 3.63) is 6.07 Å². The number of carbonyl (C=O) groups excluding carboxylic acids is 2. The first-order valence-electron chi connectivity index (χ1n) is 5.62. The maximum atomic E-state index is 11.9. The zero-order valence-corrected chi connectivity index (χ0v) is 10.6. The number of primary amides is 1. The molecule has 0 radical (unpaired) electrons. The van der Waals surface area contributed by atoms with E-state index in [9.17, 15) is 9.59 Å². The van der Waals surface area contributed by atoms with E-state index in [1.165, 1.54) is 25.2 Å². The Kier molecular flexibility index (Phi) is 3.50. The highest BCUT2D eigenvalue weighted by Gasteiger charge is 2.35. The third-order valence-corrected chi connectivity index (χ3v) is 2.86. The third kappa shape index (κ3) is 2.56. The lowest BCUT2D eigenvalue weighted by Gasteiger charge is -2.16. The molecule has 1 saturated heterocycles. The van der Waals surface area contributed by atoms with Gasteiger partial charge in [-0.05, 0) is 0 Å². The Labute approximate surface area is 109 Å². The van der Waals surface area contributed by atoms with Gasteiger partial charge < -0.3 is 15.2 Å². The lowest BCUT2D eigenvalue weighted by molar-refractivity contribution is -0.123. The molecule has 1 aliphatic heterocycles. The number of ether oxygens (including phenoxy) is 2. The van der Waals surface area contributed by atoms with Gasteiger partial charge in [-0.3, -0.25) is 14.5 Å². The highest BCUT2D eigenvalue weighted by molar-refractivity contribution is 5.99. The summed E-state index contributed by atoms with van der Waals surface area (Å²) in [6.45, 7) is 0.206. The monoisotopic (exact) mass is 266 g/mol. The first kappa shape index (κ1) is 13.1. The van der Waals surface area contributed by atoms with Crippen LogP contribution in [0, 0.1) is 5.92 Å². The predicted octanol–water partition coefficient (Wildman–Crippen LogP) is -0.668. The van der Waals surface area contributed by atoms with Crippen LogP contribution in [-0.2, 0) is 9.59 Å². The summed E-state index contributed by atoms with van der Waals surface area (Å²) in [4.78, 5) is 32.4. The zero-order chi connectivity index (χ0) is 14.0. The van der Waals surface area contributed by atoms with Gasteiger partial charge in [0.1, 0.15) is 5.82 Å². The minimum Gasteiger partial charge on any atom is -0.481 e. The highest BCUT2D eigenvalue weighted by Crippen LogP contribution is 2.27. The van der Waals surface area contributed by atoms with Gasteiger partial charge in [0.2, 0.25) is 17.7 Å². The molecule has 102 valence electrons. The molecule has 2 heterocycles. The Balaban J connectivity index is 2.31. The molecule has 1 aromatic heterocycles. The van der Waals surface area contributed by atoms with Gasteiger partial charge in [0.05, 0.1) is 20.1 Å². The van der Waals surface area contributed by atoms with Gasteiger partial charge in [-0.15, -0.1) is 0 Å². The number of hydrogen-bond donors (Lipinski definition) is 1. The van der Waals surface area contributed by atoms with E-state index in [1.54, 1.807) is 0 Å². The molecule has 2 N–H and O–H groups in total. The molecular formula is C11H14N4O4. The first-order valence-corrected chi connectivity index (χ1v) is 5.62. The zero-order valence-electron chi connectivity index (χ0n) is 10.6. The molecule has 1 aromatic rings. The van der Waals surface area contributed by atoms with Crippen LogP contribution in [0.25, 0.3) is 0 Å². The number of amides is 2. The number of nitrogens with zero attached hydrogens (tertiary/aromatic N) is 3. The van der Waals surface area contributed by atoms with Gasteiger partial charge in [-0.2, -0.15) is 9.97 Å². The predicted molar refractivity (Wildman–Crippen MR) is 64.8 cm³/mol. The summed E-state index contributed by atoms with van der Waals surface area (Å²) in [7, 11) is 2.86. The Hall–Kier alpha value is -2.38. The van der Waals surface area contributed by atoms with Gasteiger partial charge >= 0.3 is 6.01 Å². The van der Waals surface area contributed by atoms with E-state index in [4.69, 9.17) is 15.2 Å². The van der Waals surface area contributed by atoms with Crippen LogP contribution in [0.2, 0.25) is 0 Å². The molecule has 19 heavy (non-hydrogen) atoms. The molecule has 0 aliphatic carbocycles. The van der Waals surface area contributed by atoms with Crippen molar-refractivity contribution in [3.63, 3.8) is 0 Å². The van der Waals surface area contributed by atoms with E-state index < -0.39 is 11.8 Å². The second-order valence-electron chi connectivity index (χ2n) is 4.06.